The molecule has 0 bridgehead atoms. The summed E-state index contributed by atoms with van der Waals surface area (Å²) in [7, 11) is 0. The van der Waals surface area contributed by atoms with Crippen molar-refractivity contribution in [3.05, 3.63) is 35.4 Å². The molecule has 0 aliphatic carbocycles. The molecule has 0 heterocycles. The zero-order valence-corrected chi connectivity index (χ0v) is 14.5. The molecule has 1 unspecified atom stereocenters. The average molecular weight is 304 g/mol. The molecule has 1 rings (SSSR count). The molecule has 0 amide bonds. The highest BCUT2D eigenvalue weighted by atomic mass is 16.6. The molecule has 1 aromatic rings. The van der Waals surface area contributed by atoms with Crippen LogP contribution in [0.1, 0.15) is 52.7 Å². The van der Waals surface area contributed by atoms with Crippen molar-refractivity contribution < 1.29 is 9.63 Å². The number of hydrogen-bond acceptors (Lipinski definition) is 4. The fraction of sp³-hybridized carbons (Fsp3) is 0.556. The summed E-state index contributed by atoms with van der Waals surface area (Å²) in [5.74, 6) is 0.0830. The first-order chi connectivity index (χ1) is 10.1. The van der Waals surface area contributed by atoms with E-state index in [1.165, 1.54) is 0 Å². The van der Waals surface area contributed by atoms with Crippen molar-refractivity contribution in [2.24, 2.45) is 16.3 Å². The Morgan fingerprint density at radius 3 is 2.23 bits per heavy atom. The van der Waals surface area contributed by atoms with E-state index < -0.39 is 11.5 Å². The average Bonchev–Trinajstić information content (AvgIpc) is 2.43. The predicted molar refractivity (Wildman–Crippen MR) is 91.0 cm³/mol. The van der Waals surface area contributed by atoms with Crippen molar-refractivity contribution in [1.82, 2.24) is 0 Å². The van der Waals surface area contributed by atoms with Gasteiger partial charge in [0.25, 0.3) is 0 Å². The molecule has 122 valence electrons. The molecule has 0 fully saturated rings. The Balaban J connectivity index is 2.73. The lowest BCUT2D eigenvalue weighted by Crippen LogP contribution is -2.40. The van der Waals surface area contributed by atoms with Crippen molar-refractivity contribution in [3.8, 4) is 0 Å². The van der Waals surface area contributed by atoms with Crippen LogP contribution in [0.5, 0.6) is 0 Å². The minimum absolute atomic E-state index is 0.0654. The standard InChI is InChI=1S/C18H28N2O2/c1-12(2)22-20-13(3)15-9-7-14(8-10-15)11-16(19)17(21)18(4,5)6/h7-10,12,16H,11,19H2,1-6H3/b20-13-. The van der Waals surface area contributed by atoms with E-state index in [1.54, 1.807) is 0 Å². The lowest BCUT2D eigenvalue weighted by molar-refractivity contribution is -0.127. The number of ketones is 1. The van der Waals surface area contributed by atoms with Gasteiger partial charge in [-0.1, -0.05) is 50.2 Å². The molecule has 2 N–H and O–H groups in total. The van der Waals surface area contributed by atoms with Crippen LogP contribution in [0.3, 0.4) is 0 Å². The smallest absolute Gasteiger partial charge is 0.155 e. The van der Waals surface area contributed by atoms with Crippen LogP contribution >= 0.6 is 0 Å². The highest BCUT2D eigenvalue weighted by Crippen LogP contribution is 2.18. The molecule has 22 heavy (non-hydrogen) atoms. The summed E-state index contributed by atoms with van der Waals surface area (Å²) in [6.07, 6.45) is 0.616. The van der Waals surface area contributed by atoms with Crippen LogP contribution < -0.4 is 5.73 Å². The predicted octanol–water partition coefficient (Wildman–Crippen LogP) is 3.32. The van der Waals surface area contributed by atoms with Gasteiger partial charge in [0.2, 0.25) is 0 Å². The second-order valence-corrected chi connectivity index (χ2v) is 6.95. The molecule has 0 aliphatic heterocycles. The van der Waals surface area contributed by atoms with Gasteiger partial charge in [0, 0.05) is 5.41 Å². The van der Waals surface area contributed by atoms with Gasteiger partial charge in [-0.25, -0.2) is 0 Å². The van der Waals surface area contributed by atoms with Crippen LogP contribution in [0.4, 0.5) is 0 Å². The maximum absolute atomic E-state index is 12.1. The lowest BCUT2D eigenvalue weighted by Gasteiger charge is -2.21. The first kappa shape index (κ1) is 18.4. The maximum atomic E-state index is 12.1. The Morgan fingerprint density at radius 1 is 1.23 bits per heavy atom. The number of carbonyl (C=O) groups excluding carboxylic acids is 1. The minimum atomic E-state index is -0.468. The molecule has 1 atom stereocenters. The molecule has 4 nitrogen and oxygen atoms in total. The van der Waals surface area contributed by atoms with E-state index in [-0.39, 0.29) is 11.9 Å². The summed E-state index contributed by atoms with van der Waals surface area (Å²) in [5.41, 5.74) is 8.49. The first-order valence-electron chi connectivity index (χ1n) is 7.71. The van der Waals surface area contributed by atoms with Gasteiger partial charge in [0.05, 0.1) is 11.8 Å². The highest BCUT2D eigenvalue weighted by molar-refractivity contribution is 5.98. The van der Waals surface area contributed by atoms with Gasteiger partial charge in [-0.05, 0) is 38.3 Å². The van der Waals surface area contributed by atoms with Gasteiger partial charge in [-0.15, -0.1) is 0 Å². The second-order valence-electron chi connectivity index (χ2n) is 6.95. The summed E-state index contributed by atoms with van der Waals surface area (Å²) in [5, 5.41) is 4.08. The maximum Gasteiger partial charge on any atom is 0.155 e. The largest absolute Gasteiger partial charge is 0.393 e. The highest BCUT2D eigenvalue weighted by Gasteiger charge is 2.26. The van der Waals surface area contributed by atoms with Crippen LogP contribution in [0.2, 0.25) is 0 Å². The van der Waals surface area contributed by atoms with Gasteiger partial charge < -0.3 is 10.6 Å². The van der Waals surface area contributed by atoms with Crippen LogP contribution in [-0.4, -0.2) is 23.6 Å². The Hall–Kier alpha value is -1.68. The molecule has 0 radical (unpaired) electrons. The van der Waals surface area contributed by atoms with Gasteiger partial charge in [0.15, 0.2) is 5.78 Å². The third-order valence-electron chi connectivity index (χ3n) is 3.30. The fourth-order valence-electron chi connectivity index (χ4n) is 2.02. The summed E-state index contributed by atoms with van der Waals surface area (Å²) < 4.78 is 0. The van der Waals surface area contributed by atoms with Crippen molar-refractivity contribution in [2.75, 3.05) is 0 Å². The summed E-state index contributed by atoms with van der Waals surface area (Å²) in [6, 6.07) is 7.46. The van der Waals surface area contributed by atoms with Crippen molar-refractivity contribution >= 4 is 11.5 Å². The van der Waals surface area contributed by atoms with E-state index in [0.29, 0.717) is 6.42 Å². The second kappa shape index (κ2) is 7.54. The van der Waals surface area contributed by atoms with Crippen LogP contribution in [0.25, 0.3) is 0 Å². The molecule has 0 spiro atoms. The van der Waals surface area contributed by atoms with E-state index in [4.69, 9.17) is 10.6 Å². The number of Topliss-reactive ketones (excluding diaryl/α,β-unsaturated/α-hetero) is 1. The molecule has 0 aromatic heterocycles. The van der Waals surface area contributed by atoms with E-state index in [0.717, 1.165) is 16.8 Å². The first-order valence-corrected chi connectivity index (χ1v) is 7.71. The number of nitrogens with zero attached hydrogens (tertiary/aromatic N) is 1. The van der Waals surface area contributed by atoms with Gasteiger partial charge in [0.1, 0.15) is 6.10 Å². The van der Waals surface area contributed by atoms with Crippen molar-refractivity contribution in [3.63, 3.8) is 0 Å². The molecule has 4 heteroatoms. The number of nitrogens with two attached hydrogens (primary N) is 1. The SMILES string of the molecule is C/C(=N/OC(C)C)c1ccc(CC(N)C(=O)C(C)(C)C)cc1. The molecule has 1 aromatic carbocycles. The van der Waals surface area contributed by atoms with E-state index in [2.05, 4.69) is 5.16 Å². The van der Waals surface area contributed by atoms with Gasteiger partial charge in [-0.2, -0.15) is 0 Å². The summed E-state index contributed by atoms with van der Waals surface area (Å²) in [6.45, 7) is 11.5. The molecule has 0 saturated heterocycles. The molecule has 0 saturated carbocycles. The van der Waals surface area contributed by atoms with E-state index in [1.807, 2.05) is 65.8 Å². The zero-order valence-electron chi connectivity index (χ0n) is 14.5. The monoisotopic (exact) mass is 304 g/mol. The number of carbonyl (C=O) groups is 1. The summed E-state index contributed by atoms with van der Waals surface area (Å²) >= 11 is 0. The fourth-order valence-corrected chi connectivity index (χ4v) is 2.02. The molecular formula is C18H28N2O2. The Bertz CT molecular complexity index is 525. The molecular weight excluding hydrogens is 276 g/mol. The number of oxime groups is 1. The lowest BCUT2D eigenvalue weighted by atomic mass is 9.84. The van der Waals surface area contributed by atoms with Crippen LogP contribution in [-0.2, 0) is 16.1 Å². The third-order valence-corrected chi connectivity index (χ3v) is 3.30. The van der Waals surface area contributed by atoms with Gasteiger partial charge in [-0.3, -0.25) is 4.79 Å². The minimum Gasteiger partial charge on any atom is -0.393 e. The Labute approximate surface area is 133 Å². The number of benzene rings is 1. The van der Waals surface area contributed by atoms with Crippen LogP contribution in [0.15, 0.2) is 29.4 Å². The normalized spacial score (nSPS) is 14.1. The van der Waals surface area contributed by atoms with Crippen molar-refractivity contribution in [1.29, 1.82) is 0 Å². The van der Waals surface area contributed by atoms with E-state index in [9.17, 15) is 4.79 Å². The van der Waals surface area contributed by atoms with Crippen LogP contribution in [0, 0.1) is 5.41 Å². The molecule has 0 aliphatic rings. The Morgan fingerprint density at radius 2 is 1.77 bits per heavy atom. The third kappa shape index (κ3) is 5.60. The number of rotatable bonds is 6. The van der Waals surface area contributed by atoms with E-state index >= 15 is 0 Å². The zero-order chi connectivity index (χ0) is 16.9. The van der Waals surface area contributed by atoms with Crippen molar-refractivity contribution in [2.45, 2.75) is 60.1 Å². The van der Waals surface area contributed by atoms with Gasteiger partial charge >= 0.3 is 0 Å². The number of hydrogen-bond donors (Lipinski definition) is 1. The topological polar surface area (TPSA) is 64.7 Å². The Kier molecular flexibility index (Phi) is 6.30. The summed E-state index contributed by atoms with van der Waals surface area (Å²) in [4.78, 5) is 17.4. The quantitative estimate of drug-likeness (QED) is 0.647.